The van der Waals surface area contributed by atoms with Gasteiger partial charge in [-0.25, -0.2) is 15.0 Å². The highest BCUT2D eigenvalue weighted by atomic mass is 32.1. The molecule has 29 heavy (non-hydrogen) atoms. The third-order valence-electron chi connectivity index (χ3n) is 4.44. The average Bonchev–Trinajstić information content (AvgIpc) is 3.46. The fourth-order valence-electron chi connectivity index (χ4n) is 3.16. The summed E-state index contributed by atoms with van der Waals surface area (Å²) in [7, 11) is 0. The molecule has 0 atom stereocenters. The Bertz CT molecular complexity index is 1270. The van der Waals surface area contributed by atoms with Crippen molar-refractivity contribution >= 4 is 22.2 Å². The standard InChI is InChI=1S/C21H18N6OS/c1-13(2)28-20-10-23-9-18(25-20)14-3-4-17-15(7-14)16(8-24-17)19-11-29-21(26-19)27-6-5-22-12-27/h3-13,24H,1-2H3. The minimum Gasteiger partial charge on any atom is -0.474 e. The molecule has 0 aliphatic heterocycles. The number of hydrogen-bond donors (Lipinski definition) is 1. The molecule has 0 aliphatic carbocycles. The lowest BCUT2D eigenvalue weighted by Crippen LogP contribution is -2.07. The first kappa shape index (κ1) is 17.6. The maximum atomic E-state index is 5.68. The van der Waals surface area contributed by atoms with Crippen molar-refractivity contribution in [3.8, 4) is 33.5 Å². The number of hydrogen-bond acceptors (Lipinski definition) is 6. The number of nitrogens with one attached hydrogen (secondary N) is 1. The highest BCUT2D eigenvalue weighted by Gasteiger charge is 2.13. The Morgan fingerprint density at radius 2 is 2.03 bits per heavy atom. The second-order valence-electron chi connectivity index (χ2n) is 6.86. The molecular formula is C21H18N6OS. The summed E-state index contributed by atoms with van der Waals surface area (Å²) in [5, 5.41) is 4.02. The Kier molecular flexibility index (Phi) is 4.33. The highest BCUT2D eigenvalue weighted by Crippen LogP contribution is 2.33. The van der Waals surface area contributed by atoms with E-state index in [1.807, 2.05) is 36.9 Å². The average molecular weight is 402 g/mol. The van der Waals surface area contributed by atoms with Gasteiger partial charge in [0.15, 0.2) is 5.13 Å². The molecule has 0 bridgehead atoms. The zero-order valence-electron chi connectivity index (χ0n) is 15.9. The second kappa shape index (κ2) is 7.14. The Labute approximate surface area is 171 Å². The first-order chi connectivity index (χ1) is 14.2. The van der Waals surface area contributed by atoms with Gasteiger partial charge in [0.2, 0.25) is 5.88 Å². The largest absolute Gasteiger partial charge is 0.474 e. The van der Waals surface area contributed by atoms with E-state index >= 15 is 0 Å². The molecular weight excluding hydrogens is 384 g/mol. The van der Waals surface area contributed by atoms with E-state index in [2.05, 4.69) is 37.4 Å². The molecule has 0 saturated carbocycles. The van der Waals surface area contributed by atoms with Crippen molar-refractivity contribution in [2.45, 2.75) is 20.0 Å². The van der Waals surface area contributed by atoms with Gasteiger partial charge in [0.1, 0.15) is 6.33 Å². The van der Waals surface area contributed by atoms with E-state index in [-0.39, 0.29) is 6.10 Å². The lowest BCUT2D eigenvalue weighted by molar-refractivity contribution is 0.232. The number of fused-ring (bicyclic) bond motifs is 1. The number of thiazole rings is 1. The summed E-state index contributed by atoms with van der Waals surface area (Å²) in [6.45, 7) is 3.94. The Hall–Kier alpha value is -3.52. The van der Waals surface area contributed by atoms with Crippen LogP contribution in [0.4, 0.5) is 0 Å². The van der Waals surface area contributed by atoms with Crippen LogP contribution in [0.1, 0.15) is 13.8 Å². The van der Waals surface area contributed by atoms with E-state index in [4.69, 9.17) is 9.72 Å². The summed E-state index contributed by atoms with van der Waals surface area (Å²) < 4.78 is 7.59. The molecule has 0 saturated heterocycles. The van der Waals surface area contributed by atoms with Crippen LogP contribution >= 0.6 is 11.3 Å². The molecule has 144 valence electrons. The molecule has 1 N–H and O–H groups in total. The summed E-state index contributed by atoms with van der Waals surface area (Å²) in [5.74, 6) is 0.524. The fraction of sp³-hybridized carbons (Fsp3) is 0.143. The Morgan fingerprint density at radius 3 is 2.86 bits per heavy atom. The van der Waals surface area contributed by atoms with E-state index < -0.39 is 0 Å². The monoisotopic (exact) mass is 402 g/mol. The molecule has 0 unspecified atom stereocenters. The van der Waals surface area contributed by atoms with Gasteiger partial charge in [0.05, 0.1) is 29.9 Å². The van der Waals surface area contributed by atoms with Gasteiger partial charge < -0.3 is 9.72 Å². The van der Waals surface area contributed by atoms with Gasteiger partial charge in [0, 0.05) is 46.0 Å². The van der Waals surface area contributed by atoms with Crippen LogP contribution in [0.3, 0.4) is 0 Å². The normalized spacial score (nSPS) is 11.4. The lowest BCUT2D eigenvalue weighted by atomic mass is 10.1. The number of imidazole rings is 1. The summed E-state index contributed by atoms with van der Waals surface area (Å²) in [6, 6.07) is 6.19. The minimum absolute atomic E-state index is 0.0488. The van der Waals surface area contributed by atoms with Crippen LogP contribution < -0.4 is 4.74 Å². The SMILES string of the molecule is CC(C)Oc1cncc(-c2ccc3[nH]cc(-c4csc(-n5ccnc5)n4)c3c2)n1. The van der Waals surface area contributed by atoms with Crippen molar-refractivity contribution in [2.75, 3.05) is 0 Å². The van der Waals surface area contributed by atoms with E-state index in [1.165, 1.54) is 0 Å². The number of aromatic amines is 1. The van der Waals surface area contributed by atoms with Gasteiger partial charge in [-0.1, -0.05) is 6.07 Å². The van der Waals surface area contributed by atoms with Crippen LogP contribution in [0.25, 0.3) is 38.5 Å². The van der Waals surface area contributed by atoms with E-state index in [0.29, 0.717) is 5.88 Å². The molecule has 5 aromatic rings. The number of aromatic nitrogens is 6. The summed E-state index contributed by atoms with van der Waals surface area (Å²) in [5.41, 5.74) is 4.76. The minimum atomic E-state index is 0.0488. The van der Waals surface area contributed by atoms with Crippen LogP contribution in [0.15, 0.2) is 60.9 Å². The van der Waals surface area contributed by atoms with Gasteiger partial charge in [0.25, 0.3) is 0 Å². The van der Waals surface area contributed by atoms with Crippen molar-refractivity contribution in [3.05, 3.63) is 60.9 Å². The van der Waals surface area contributed by atoms with Crippen LogP contribution in [-0.4, -0.2) is 35.6 Å². The van der Waals surface area contributed by atoms with E-state index in [9.17, 15) is 0 Å². The molecule has 0 fully saturated rings. The predicted molar refractivity (Wildman–Crippen MR) is 113 cm³/mol. The lowest BCUT2D eigenvalue weighted by Gasteiger charge is -2.09. The number of rotatable bonds is 5. The first-order valence-corrected chi connectivity index (χ1v) is 10.1. The number of ether oxygens (including phenoxy) is 1. The molecule has 0 amide bonds. The highest BCUT2D eigenvalue weighted by molar-refractivity contribution is 7.12. The van der Waals surface area contributed by atoms with Crippen LogP contribution in [0.2, 0.25) is 0 Å². The first-order valence-electron chi connectivity index (χ1n) is 9.22. The van der Waals surface area contributed by atoms with Crippen LogP contribution in [0.5, 0.6) is 5.88 Å². The van der Waals surface area contributed by atoms with Crippen LogP contribution in [-0.2, 0) is 0 Å². The zero-order chi connectivity index (χ0) is 19.8. The van der Waals surface area contributed by atoms with Gasteiger partial charge in [-0.2, -0.15) is 0 Å². The number of nitrogens with zero attached hydrogens (tertiary/aromatic N) is 5. The molecule has 8 heteroatoms. The smallest absolute Gasteiger partial charge is 0.233 e. The van der Waals surface area contributed by atoms with Gasteiger partial charge >= 0.3 is 0 Å². The van der Waals surface area contributed by atoms with Crippen molar-refractivity contribution < 1.29 is 4.74 Å². The molecule has 7 nitrogen and oxygen atoms in total. The second-order valence-corrected chi connectivity index (χ2v) is 7.69. The Balaban J connectivity index is 1.55. The van der Waals surface area contributed by atoms with Crippen molar-refractivity contribution in [3.63, 3.8) is 0 Å². The zero-order valence-corrected chi connectivity index (χ0v) is 16.7. The number of benzene rings is 1. The molecule has 5 rings (SSSR count). The summed E-state index contributed by atoms with van der Waals surface area (Å²) in [4.78, 5) is 21.1. The molecule has 1 aromatic carbocycles. The molecule has 0 spiro atoms. The van der Waals surface area contributed by atoms with E-state index in [0.717, 1.165) is 38.5 Å². The topological polar surface area (TPSA) is 81.5 Å². The van der Waals surface area contributed by atoms with E-state index in [1.54, 1.807) is 36.3 Å². The third-order valence-corrected chi connectivity index (χ3v) is 5.29. The quantitative estimate of drug-likeness (QED) is 0.460. The van der Waals surface area contributed by atoms with Crippen LogP contribution in [0, 0.1) is 0 Å². The fourth-order valence-corrected chi connectivity index (χ4v) is 3.93. The van der Waals surface area contributed by atoms with Gasteiger partial charge in [-0.05, 0) is 26.0 Å². The van der Waals surface area contributed by atoms with Crippen molar-refractivity contribution in [1.29, 1.82) is 0 Å². The molecule has 0 aliphatic rings. The van der Waals surface area contributed by atoms with Crippen molar-refractivity contribution in [1.82, 2.24) is 29.5 Å². The summed E-state index contributed by atoms with van der Waals surface area (Å²) in [6.07, 6.45) is 10.8. The summed E-state index contributed by atoms with van der Waals surface area (Å²) >= 11 is 1.58. The Morgan fingerprint density at radius 1 is 1.10 bits per heavy atom. The molecule has 4 aromatic heterocycles. The third kappa shape index (κ3) is 3.38. The maximum Gasteiger partial charge on any atom is 0.233 e. The molecule has 4 heterocycles. The number of H-pyrrole nitrogens is 1. The maximum absolute atomic E-state index is 5.68. The van der Waals surface area contributed by atoms with Gasteiger partial charge in [-0.15, -0.1) is 11.3 Å². The molecule has 0 radical (unpaired) electrons. The van der Waals surface area contributed by atoms with Crippen molar-refractivity contribution in [2.24, 2.45) is 0 Å². The van der Waals surface area contributed by atoms with Gasteiger partial charge in [-0.3, -0.25) is 9.55 Å². The predicted octanol–water partition coefficient (Wildman–Crippen LogP) is 4.72.